The van der Waals surface area contributed by atoms with Gasteiger partial charge in [0.2, 0.25) is 5.91 Å². The third-order valence-electron chi connectivity index (χ3n) is 5.30. The van der Waals surface area contributed by atoms with Gasteiger partial charge in [0, 0.05) is 56.0 Å². The lowest BCUT2D eigenvalue weighted by Crippen LogP contribution is -2.44. The number of Topliss-reactive ketones (excluding diaryl/α,β-unsaturated/α-hetero) is 1. The van der Waals surface area contributed by atoms with Crippen LogP contribution in [0.4, 0.5) is 11.4 Å². The number of benzene rings is 2. The van der Waals surface area contributed by atoms with Crippen LogP contribution in [0.1, 0.15) is 23.2 Å². The van der Waals surface area contributed by atoms with Gasteiger partial charge in [-0.2, -0.15) is 0 Å². The summed E-state index contributed by atoms with van der Waals surface area (Å²) in [6, 6.07) is 12.9. The van der Waals surface area contributed by atoms with Crippen molar-refractivity contribution < 1.29 is 19.1 Å². The monoisotopic (exact) mass is 411 g/mol. The summed E-state index contributed by atoms with van der Waals surface area (Å²) in [7, 11) is 5.20. The van der Waals surface area contributed by atoms with E-state index in [-0.39, 0.29) is 24.5 Å². The summed E-state index contributed by atoms with van der Waals surface area (Å²) in [5.74, 6) is 0.757. The van der Waals surface area contributed by atoms with E-state index in [0.29, 0.717) is 17.1 Å². The predicted molar refractivity (Wildman–Crippen MR) is 118 cm³/mol. The molecule has 30 heavy (non-hydrogen) atoms. The number of carbonyl (C=O) groups is 2. The van der Waals surface area contributed by atoms with Crippen LogP contribution in [0.25, 0.3) is 0 Å². The van der Waals surface area contributed by atoms with Crippen molar-refractivity contribution in [3.8, 4) is 11.5 Å². The highest BCUT2D eigenvalue weighted by molar-refractivity contribution is 6.00. The topological polar surface area (TPSA) is 71.1 Å². The molecule has 0 radical (unpaired) electrons. The molecule has 1 saturated heterocycles. The molecule has 7 nitrogen and oxygen atoms in total. The van der Waals surface area contributed by atoms with Gasteiger partial charge in [-0.15, -0.1) is 0 Å². The Morgan fingerprint density at radius 1 is 0.900 bits per heavy atom. The number of nitrogens with one attached hydrogen (secondary N) is 1. The average Bonchev–Trinajstić information content (AvgIpc) is 2.78. The Morgan fingerprint density at radius 3 is 2.20 bits per heavy atom. The molecule has 1 fully saturated rings. The van der Waals surface area contributed by atoms with Gasteiger partial charge in [0.25, 0.3) is 0 Å². The van der Waals surface area contributed by atoms with Crippen LogP contribution >= 0.6 is 0 Å². The molecule has 2 aromatic carbocycles. The minimum atomic E-state index is -0.184. The number of methoxy groups -OCH3 is 2. The third kappa shape index (κ3) is 5.51. The fourth-order valence-electron chi connectivity index (χ4n) is 3.42. The van der Waals surface area contributed by atoms with Crippen LogP contribution in [-0.2, 0) is 4.79 Å². The Bertz CT molecular complexity index is 875. The highest BCUT2D eigenvalue weighted by Gasteiger charge is 2.15. The molecule has 3 rings (SSSR count). The summed E-state index contributed by atoms with van der Waals surface area (Å²) < 4.78 is 10.4. The van der Waals surface area contributed by atoms with Crippen LogP contribution in [0.5, 0.6) is 11.5 Å². The van der Waals surface area contributed by atoms with Crippen LogP contribution in [0, 0.1) is 0 Å². The molecule has 0 atom stereocenters. The minimum absolute atomic E-state index is 0.114. The van der Waals surface area contributed by atoms with E-state index in [9.17, 15) is 9.59 Å². The number of nitrogens with zero attached hydrogens (tertiary/aromatic N) is 2. The van der Waals surface area contributed by atoms with Crippen molar-refractivity contribution in [1.29, 1.82) is 0 Å². The second kappa shape index (κ2) is 10.1. The number of ether oxygens (including phenoxy) is 2. The molecule has 1 heterocycles. The van der Waals surface area contributed by atoms with Crippen molar-refractivity contribution in [1.82, 2.24) is 4.90 Å². The first-order chi connectivity index (χ1) is 14.5. The minimum Gasteiger partial charge on any atom is -0.493 e. The number of rotatable bonds is 8. The van der Waals surface area contributed by atoms with Gasteiger partial charge < -0.3 is 24.6 Å². The van der Waals surface area contributed by atoms with E-state index in [0.717, 1.165) is 37.6 Å². The van der Waals surface area contributed by atoms with E-state index in [1.54, 1.807) is 25.3 Å². The average molecular weight is 412 g/mol. The Kier molecular flexibility index (Phi) is 7.30. The first-order valence-electron chi connectivity index (χ1n) is 10.1. The van der Waals surface area contributed by atoms with Crippen LogP contribution in [0.3, 0.4) is 0 Å². The van der Waals surface area contributed by atoms with E-state index in [1.807, 2.05) is 24.3 Å². The van der Waals surface area contributed by atoms with Crippen LogP contribution < -0.4 is 19.7 Å². The fourth-order valence-corrected chi connectivity index (χ4v) is 3.42. The first-order valence-corrected chi connectivity index (χ1v) is 10.1. The van der Waals surface area contributed by atoms with E-state index >= 15 is 0 Å². The first kappa shape index (κ1) is 21.6. The molecule has 2 aromatic rings. The smallest absolute Gasteiger partial charge is 0.224 e. The summed E-state index contributed by atoms with van der Waals surface area (Å²) in [5.41, 5.74) is 2.39. The maximum atomic E-state index is 12.4. The van der Waals surface area contributed by atoms with Crippen molar-refractivity contribution in [2.45, 2.75) is 12.8 Å². The summed E-state index contributed by atoms with van der Waals surface area (Å²) >= 11 is 0. The molecule has 160 valence electrons. The molecule has 1 amide bonds. The molecular weight excluding hydrogens is 382 g/mol. The standard InChI is InChI=1S/C23H29N3O4/c1-25-12-14-26(15-13-25)19-7-5-18(6-8-19)24-23(28)11-9-20(27)17-4-10-21(29-2)22(16-17)30-3/h4-8,10,16H,9,11-15H2,1-3H3,(H,24,28). The predicted octanol–water partition coefficient (Wildman–Crippen LogP) is 3.06. The molecule has 1 aliphatic rings. The largest absolute Gasteiger partial charge is 0.493 e. The van der Waals surface area contributed by atoms with Gasteiger partial charge in [-0.05, 0) is 49.5 Å². The Hall–Kier alpha value is -3.06. The molecular formula is C23H29N3O4. The van der Waals surface area contributed by atoms with E-state index < -0.39 is 0 Å². The molecule has 0 bridgehead atoms. The summed E-state index contributed by atoms with van der Waals surface area (Å²) in [6.07, 6.45) is 0.244. The van der Waals surface area contributed by atoms with Gasteiger partial charge in [-0.25, -0.2) is 0 Å². The zero-order chi connectivity index (χ0) is 21.5. The van der Waals surface area contributed by atoms with E-state index in [2.05, 4.69) is 22.2 Å². The molecule has 0 spiro atoms. The van der Waals surface area contributed by atoms with Crippen molar-refractivity contribution >= 4 is 23.1 Å². The second-order valence-corrected chi connectivity index (χ2v) is 7.38. The van der Waals surface area contributed by atoms with Gasteiger partial charge >= 0.3 is 0 Å². The number of hydrogen-bond acceptors (Lipinski definition) is 6. The molecule has 0 aromatic heterocycles. The van der Waals surface area contributed by atoms with Crippen molar-refractivity contribution in [2.75, 3.05) is 57.7 Å². The highest BCUT2D eigenvalue weighted by atomic mass is 16.5. The van der Waals surface area contributed by atoms with Gasteiger partial charge in [0.1, 0.15) is 0 Å². The molecule has 0 saturated carbocycles. The van der Waals surface area contributed by atoms with Crippen LogP contribution in [-0.4, -0.2) is 64.0 Å². The molecule has 1 N–H and O–H groups in total. The maximum Gasteiger partial charge on any atom is 0.224 e. The SMILES string of the molecule is COc1ccc(C(=O)CCC(=O)Nc2ccc(N3CCN(C)CC3)cc2)cc1OC. The van der Waals surface area contributed by atoms with Gasteiger partial charge in [-0.3, -0.25) is 9.59 Å². The van der Waals surface area contributed by atoms with E-state index in [4.69, 9.17) is 9.47 Å². The summed E-state index contributed by atoms with van der Waals surface area (Å²) in [6.45, 7) is 4.10. The zero-order valence-corrected chi connectivity index (χ0v) is 17.8. The van der Waals surface area contributed by atoms with Crippen molar-refractivity contribution in [3.63, 3.8) is 0 Å². The lowest BCUT2D eigenvalue weighted by Gasteiger charge is -2.34. The zero-order valence-electron chi connectivity index (χ0n) is 17.8. The number of carbonyl (C=O) groups excluding carboxylic acids is 2. The van der Waals surface area contributed by atoms with E-state index in [1.165, 1.54) is 7.11 Å². The lowest BCUT2D eigenvalue weighted by molar-refractivity contribution is -0.116. The van der Waals surface area contributed by atoms with Crippen LogP contribution in [0.15, 0.2) is 42.5 Å². The molecule has 1 aliphatic heterocycles. The number of hydrogen-bond donors (Lipinski definition) is 1. The van der Waals surface area contributed by atoms with Gasteiger partial charge in [0.05, 0.1) is 14.2 Å². The quantitative estimate of drug-likeness (QED) is 0.674. The molecule has 0 aliphatic carbocycles. The number of anilines is 2. The van der Waals surface area contributed by atoms with Crippen LogP contribution in [0.2, 0.25) is 0 Å². The van der Waals surface area contributed by atoms with Crippen molar-refractivity contribution in [2.24, 2.45) is 0 Å². The number of likely N-dealkylation sites (N-methyl/N-ethyl adjacent to an activating group) is 1. The molecule has 0 unspecified atom stereocenters. The lowest BCUT2D eigenvalue weighted by atomic mass is 10.1. The summed E-state index contributed by atoms with van der Waals surface area (Å²) in [4.78, 5) is 29.4. The van der Waals surface area contributed by atoms with Crippen molar-refractivity contribution in [3.05, 3.63) is 48.0 Å². The second-order valence-electron chi connectivity index (χ2n) is 7.38. The Morgan fingerprint density at radius 2 is 1.57 bits per heavy atom. The number of amides is 1. The van der Waals surface area contributed by atoms with Gasteiger partial charge in [0.15, 0.2) is 17.3 Å². The normalized spacial score (nSPS) is 14.3. The Balaban J connectivity index is 1.50. The summed E-state index contributed by atoms with van der Waals surface area (Å²) in [5, 5.41) is 2.86. The highest BCUT2D eigenvalue weighted by Crippen LogP contribution is 2.28. The number of piperazine rings is 1. The Labute approximate surface area is 177 Å². The number of ketones is 1. The van der Waals surface area contributed by atoms with Gasteiger partial charge in [-0.1, -0.05) is 0 Å². The molecule has 7 heteroatoms. The fraction of sp³-hybridized carbons (Fsp3) is 0.391. The maximum absolute atomic E-state index is 12.4. The third-order valence-corrected chi connectivity index (χ3v) is 5.30.